The summed E-state index contributed by atoms with van der Waals surface area (Å²) in [7, 11) is 0. The van der Waals surface area contributed by atoms with Crippen molar-refractivity contribution in [3.63, 3.8) is 0 Å². The zero-order chi connectivity index (χ0) is 22.7. The summed E-state index contributed by atoms with van der Waals surface area (Å²) in [6, 6.07) is 18.9. The van der Waals surface area contributed by atoms with Gasteiger partial charge in [0.05, 0.1) is 6.61 Å². The van der Waals surface area contributed by atoms with E-state index in [2.05, 4.69) is 15.9 Å². The van der Waals surface area contributed by atoms with Gasteiger partial charge >= 0.3 is 0 Å². The number of hydroxylamine groups is 2. The predicted molar refractivity (Wildman–Crippen MR) is 117 cm³/mol. The van der Waals surface area contributed by atoms with E-state index >= 15 is 0 Å². The molecule has 2 atom stereocenters. The Morgan fingerprint density at radius 2 is 1.72 bits per heavy atom. The Morgan fingerprint density at radius 3 is 2.38 bits per heavy atom. The molecule has 0 N–H and O–H groups in total. The van der Waals surface area contributed by atoms with Crippen LogP contribution in [0.5, 0.6) is 0 Å². The van der Waals surface area contributed by atoms with E-state index in [1.54, 1.807) is 18.2 Å². The van der Waals surface area contributed by atoms with Gasteiger partial charge in [0.2, 0.25) is 0 Å². The maximum atomic E-state index is 14.4. The molecule has 2 unspecified atom stereocenters. The van der Waals surface area contributed by atoms with E-state index in [0.29, 0.717) is 11.8 Å². The topological polar surface area (TPSA) is 49.9 Å². The Morgan fingerprint density at radius 1 is 1.03 bits per heavy atom. The van der Waals surface area contributed by atoms with Crippen LogP contribution in [0.2, 0.25) is 0 Å². The molecule has 0 bridgehead atoms. The van der Waals surface area contributed by atoms with Gasteiger partial charge < -0.3 is 9.69 Å². The zero-order valence-corrected chi connectivity index (χ0v) is 18.4. The number of halogens is 3. The molecule has 0 aliphatic carbocycles. The summed E-state index contributed by atoms with van der Waals surface area (Å²) in [6.07, 6.45) is -0.195. The Kier molecular flexibility index (Phi) is 6.74. The summed E-state index contributed by atoms with van der Waals surface area (Å²) < 4.78 is 29.5. The fraction of sp³-hybridized carbons (Fsp3) is 0.167. The van der Waals surface area contributed by atoms with Crippen LogP contribution >= 0.6 is 15.9 Å². The Labute approximate surface area is 192 Å². The third-order valence-electron chi connectivity index (χ3n) is 5.21. The van der Waals surface area contributed by atoms with Crippen molar-refractivity contribution in [2.75, 3.05) is 6.54 Å². The zero-order valence-electron chi connectivity index (χ0n) is 16.8. The summed E-state index contributed by atoms with van der Waals surface area (Å²) in [5, 5.41) is 1.42. The first kappa shape index (κ1) is 22.3. The van der Waals surface area contributed by atoms with Crippen molar-refractivity contribution in [2.24, 2.45) is 0 Å². The molecule has 164 valence electrons. The Hall–Kier alpha value is -2.94. The molecule has 0 radical (unpaired) electrons. The van der Waals surface area contributed by atoms with Gasteiger partial charge in [0.15, 0.2) is 0 Å². The average Bonchev–Trinajstić information content (AvgIpc) is 3.17. The second kappa shape index (κ2) is 9.68. The highest BCUT2D eigenvalue weighted by molar-refractivity contribution is 9.10. The highest BCUT2D eigenvalue weighted by Crippen LogP contribution is 2.36. The van der Waals surface area contributed by atoms with Gasteiger partial charge in [-0.05, 0) is 35.4 Å². The minimum Gasteiger partial charge on any atom is -0.314 e. The van der Waals surface area contributed by atoms with Crippen LogP contribution in [0, 0.1) is 11.6 Å². The highest BCUT2D eigenvalue weighted by atomic mass is 79.9. The number of carbonyl (C=O) groups excluding carboxylic acids is 2. The number of hydrogen-bond donors (Lipinski definition) is 0. The smallest absolute Gasteiger partial charge is 0.261 e. The molecule has 0 saturated carbocycles. The molecular weight excluding hydrogens is 482 g/mol. The number of hydrogen-bond acceptors (Lipinski definition) is 4. The van der Waals surface area contributed by atoms with Crippen molar-refractivity contribution in [2.45, 2.75) is 18.8 Å². The first-order valence-electron chi connectivity index (χ1n) is 9.90. The molecule has 3 aromatic carbocycles. The molecule has 8 heteroatoms. The lowest BCUT2D eigenvalue weighted by molar-refractivity contribution is -0.209. The minimum absolute atomic E-state index is 0.0813. The van der Waals surface area contributed by atoms with Crippen LogP contribution in [0.1, 0.15) is 27.7 Å². The summed E-state index contributed by atoms with van der Waals surface area (Å²) >= 11 is 3.41. The number of rotatable bonds is 6. The molecule has 1 fully saturated rings. The van der Waals surface area contributed by atoms with E-state index < -0.39 is 35.3 Å². The van der Waals surface area contributed by atoms with Crippen LogP contribution in [-0.2, 0) is 16.2 Å². The summed E-state index contributed by atoms with van der Waals surface area (Å²) in [5.74, 6) is -2.79. The van der Waals surface area contributed by atoms with Crippen LogP contribution in [0.4, 0.5) is 8.78 Å². The quantitative estimate of drug-likeness (QED) is 0.452. The molecule has 3 aromatic rings. The van der Waals surface area contributed by atoms with Crippen molar-refractivity contribution >= 4 is 28.1 Å². The first-order valence-corrected chi connectivity index (χ1v) is 10.7. The van der Waals surface area contributed by atoms with Crippen LogP contribution in [0.25, 0.3) is 0 Å². The normalized spacial score (nSPS) is 18.7. The molecule has 1 saturated heterocycles. The van der Waals surface area contributed by atoms with E-state index in [4.69, 9.17) is 4.84 Å². The second-order valence-corrected chi connectivity index (χ2v) is 8.22. The number of carbonyl (C=O) groups is 2. The summed E-state index contributed by atoms with van der Waals surface area (Å²) in [6.45, 7) is 0.0772. The van der Waals surface area contributed by atoms with Crippen molar-refractivity contribution in [3.05, 3.63) is 106 Å². The number of aldehydes is 1. The standard InChI is InChI=1S/C24H19BrF2N2O3/c25-18-9-4-8-17(12-18)23-28(24(31)22-20(26)10-5-11-21(22)27)13-19(14-30)29(23)32-15-16-6-2-1-3-7-16/h1-12,14,19,23H,13,15H2. The molecule has 1 amide bonds. The van der Waals surface area contributed by atoms with Crippen molar-refractivity contribution in [1.82, 2.24) is 9.96 Å². The number of amides is 1. The van der Waals surface area contributed by atoms with E-state index in [1.807, 2.05) is 36.4 Å². The van der Waals surface area contributed by atoms with Gasteiger partial charge in [-0.15, -0.1) is 5.06 Å². The summed E-state index contributed by atoms with van der Waals surface area (Å²) in [4.78, 5) is 32.4. The monoisotopic (exact) mass is 500 g/mol. The molecular formula is C24H19BrF2N2O3. The lowest BCUT2D eigenvalue weighted by Gasteiger charge is -2.31. The number of benzene rings is 3. The van der Waals surface area contributed by atoms with Gasteiger partial charge in [0, 0.05) is 11.0 Å². The molecule has 1 heterocycles. The van der Waals surface area contributed by atoms with Crippen molar-refractivity contribution in [3.8, 4) is 0 Å². The van der Waals surface area contributed by atoms with Crippen LogP contribution < -0.4 is 0 Å². The molecule has 0 spiro atoms. The molecule has 1 aliphatic heterocycles. The third-order valence-corrected chi connectivity index (χ3v) is 5.70. The van der Waals surface area contributed by atoms with Gasteiger partial charge in [-0.2, -0.15) is 0 Å². The maximum absolute atomic E-state index is 14.4. The first-order chi connectivity index (χ1) is 15.5. The predicted octanol–water partition coefficient (Wildman–Crippen LogP) is 4.88. The van der Waals surface area contributed by atoms with Crippen LogP contribution in [-0.4, -0.2) is 34.7 Å². The highest BCUT2D eigenvalue weighted by Gasteiger charge is 2.45. The van der Waals surface area contributed by atoms with Gasteiger partial charge in [-0.25, -0.2) is 8.78 Å². The van der Waals surface area contributed by atoms with Crippen LogP contribution in [0.15, 0.2) is 77.3 Å². The average molecular weight is 501 g/mol. The minimum atomic E-state index is -0.964. The van der Waals surface area contributed by atoms with Crippen molar-refractivity contribution in [1.29, 1.82) is 0 Å². The number of nitrogens with zero attached hydrogens (tertiary/aromatic N) is 2. The van der Waals surface area contributed by atoms with Gasteiger partial charge in [-0.1, -0.05) is 64.5 Å². The lowest BCUT2D eigenvalue weighted by atomic mass is 10.1. The second-order valence-electron chi connectivity index (χ2n) is 7.31. The summed E-state index contributed by atoms with van der Waals surface area (Å²) in [5.41, 5.74) is 0.832. The fourth-order valence-corrected chi connectivity index (χ4v) is 4.14. The van der Waals surface area contributed by atoms with Gasteiger partial charge in [0.1, 0.15) is 35.7 Å². The van der Waals surface area contributed by atoms with Gasteiger partial charge in [-0.3, -0.25) is 9.63 Å². The lowest BCUT2D eigenvalue weighted by Crippen LogP contribution is -2.37. The van der Waals surface area contributed by atoms with E-state index in [0.717, 1.165) is 22.2 Å². The largest absolute Gasteiger partial charge is 0.314 e. The van der Waals surface area contributed by atoms with Crippen LogP contribution in [0.3, 0.4) is 0 Å². The maximum Gasteiger partial charge on any atom is 0.261 e. The Bertz CT molecular complexity index is 1110. The SMILES string of the molecule is O=CC1CN(C(=O)c2c(F)cccc2F)C(c2cccc(Br)c2)N1OCc1ccccc1. The van der Waals surface area contributed by atoms with E-state index in [-0.39, 0.29) is 13.2 Å². The van der Waals surface area contributed by atoms with Crippen molar-refractivity contribution < 1.29 is 23.2 Å². The molecule has 5 nitrogen and oxygen atoms in total. The fourth-order valence-electron chi connectivity index (χ4n) is 3.73. The van der Waals surface area contributed by atoms with E-state index in [9.17, 15) is 18.4 Å². The molecule has 32 heavy (non-hydrogen) atoms. The Balaban J connectivity index is 1.73. The molecule has 0 aromatic heterocycles. The third kappa shape index (κ3) is 4.48. The van der Waals surface area contributed by atoms with E-state index in [1.165, 1.54) is 16.0 Å². The molecule has 1 aliphatic rings. The molecule has 4 rings (SSSR count). The van der Waals surface area contributed by atoms with Gasteiger partial charge in [0.25, 0.3) is 5.91 Å².